The van der Waals surface area contributed by atoms with Crippen molar-refractivity contribution in [2.24, 2.45) is 11.0 Å². The fourth-order valence-electron chi connectivity index (χ4n) is 2.14. The predicted octanol–water partition coefficient (Wildman–Crippen LogP) is 3.40. The Morgan fingerprint density at radius 2 is 2.33 bits per heavy atom. The SMILES string of the molecule is O=C(CSc1nc2ccccc2[nH]1)N/N=C/C1C(Cl)=CC=CC1F. The Hall–Kier alpha value is -2.12. The van der Waals surface area contributed by atoms with Crippen molar-refractivity contribution >= 4 is 46.5 Å². The second-order valence-corrected chi connectivity index (χ2v) is 6.47. The van der Waals surface area contributed by atoms with Crippen LogP contribution in [-0.4, -0.2) is 34.0 Å². The van der Waals surface area contributed by atoms with Crippen LogP contribution in [0.3, 0.4) is 0 Å². The fourth-order valence-corrected chi connectivity index (χ4v) is 3.07. The van der Waals surface area contributed by atoms with E-state index in [0.717, 1.165) is 11.0 Å². The monoisotopic (exact) mass is 364 g/mol. The second-order valence-electron chi connectivity index (χ2n) is 5.07. The summed E-state index contributed by atoms with van der Waals surface area (Å²) in [5.74, 6) is -0.830. The molecule has 0 aliphatic heterocycles. The normalized spacial score (nSPS) is 20.5. The molecule has 2 unspecified atom stereocenters. The van der Waals surface area contributed by atoms with Crippen LogP contribution in [0.5, 0.6) is 0 Å². The average Bonchev–Trinajstić information content (AvgIpc) is 2.98. The van der Waals surface area contributed by atoms with Gasteiger partial charge < -0.3 is 4.98 Å². The number of nitrogens with one attached hydrogen (secondary N) is 2. The number of fused-ring (bicyclic) bond motifs is 1. The van der Waals surface area contributed by atoms with Gasteiger partial charge in [0.1, 0.15) is 6.17 Å². The number of alkyl halides is 1. The number of hydrogen-bond acceptors (Lipinski definition) is 4. The van der Waals surface area contributed by atoms with E-state index in [2.05, 4.69) is 20.5 Å². The number of allylic oxidation sites excluding steroid dienone is 4. The van der Waals surface area contributed by atoms with E-state index in [-0.39, 0.29) is 11.7 Å². The Morgan fingerprint density at radius 1 is 1.50 bits per heavy atom. The van der Waals surface area contributed by atoms with Gasteiger partial charge in [-0.2, -0.15) is 5.10 Å². The number of hydrogen-bond donors (Lipinski definition) is 2. The lowest BCUT2D eigenvalue weighted by Gasteiger charge is -2.15. The minimum Gasteiger partial charge on any atom is -0.333 e. The van der Waals surface area contributed by atoms with Crippen molar-refractivity contribution in [3.63, 3.8) is 0 Å². The number of aromatic amines is 1. The third-order valence-corrected chi connectivity index (χ3v) is 4.60. The number of thioether (sulfide) groups is 1. The zero-order chi connectivity index (χ0) is 16.9. The topological polar surface area (TPSA) is 70.1 Å². The molecule has 0 saturated carbocycles. The summed E-state index contributed by atoms with van der Waals surface area (Å²) in [7, 11) is 0. The maximum atomic E-state index is 13.7. The molecule has 2 aromatic rings. The minimum absolute atomic E-state index is 0.143. The molecule has 5 nitrogen and oxygen atoms in total. The molecule has 0 radical (unpaired) electrons. The van der Waals surface area contributed by atoms with Crippen LogP contribution in [0, 0.1) is 5.92 Å². The fraction of sp³-hybridized carbons (Fsp3) is 0.188. The number of benzene rings is 1. The Bertz CT molecular complexity index is 799. The number of carbonyl (C=O) groups excluding carboxylic acids is 1. The molecule has 2 N–H and O–H groups in total. The maximum absolute atomic E-state index is 13.7. The van der Waals surface area contributed by atoms with Crippen LogP contribution in [0.1, 0.15) is 0 Å². The molecule has 0 spiro atoms. The molecule has 8 heteroatoms. The Morgan fingerprint density at radius 3 is 3.12 bits per heavy atom. The molecule has 2 atom stereocenters. The highest BCUT2D eigenvalue weighted by atomic mass is 35.5. The lowest BCUT2D eigenvalue weighted by molar-refractivity contribution is -0.118. The molecule has 24 heavy (non-hydrogen) atoms. The van der Waals surface area contributed by atoms with Crippen LogP contribution in [-0.2, 0) is 4.79 Å². The van der Waals surface area contributed by atoms with Crippen molar-refractivity contribution in [2.45, 2.75) is 11.3 Å². The van der Waals surface area contributed by atoms with Crippen LogP contribution in [0.2, 0.25) is 0 Å². The average molecular weight is 365 g/mol. The van der Waals surface area contributed by atoms with Crippen LogP contribution >= 0.6 is 23.4 Å². The number of para-hydroxylation sites is 2. The van der Waals surface area contributed by atoms with Crippen LogP contribution in [0.15, 0.2) is 57.8 Å². The summed E-state index contributed by atoms with van der Waals surface area (Å²) in [5, 5.41) is 4.79. The molecule has 0 bridgehead atoms. The van der Waals surface area contributed by atoms with Gasteiger partial charge in [0.15, 0.2) is 5.16 Å². The molecular weight excluding hydrogens is 351 g/mol. The summed E-state index contributed by atoms with van der Waals surface area (Å²) in [6, 6.07) is 7.62. The largest absolute Gasteiger partial charge is 0.333 e. The van der Waals surface area contributed by atoms with Crippen molar-refractivity contribution in [1.29, 1.82) is 0 Å². The minimum atomic E-state index is -1.24. The highest BCUT2D eigenvalue weighted by Crippen LogP contribution is 2.24. The van der Waals surface area contributed by atoms with Gasteiger partial charge in [0.05, 0.1) is 22.7 Å². The number of H-pyrrole nitrogens is 1. The molecule has 1 aliphatic carbocycles. The molecule has 1 aliphatic rings. The van der Waals surface area contributed by atoms with Crippen LogP contribution in [0.25, 0.3) is 11.0 Å². The summed E-state index contributed by atoms with van der Waals surface area (Å²) in [5.41, 5.74) is 4.13. The molecule has 1 aromatic carbocycles. The number of aromatic nitrogens is 2. The lowest BCUT2D eigenvalue weighted by atomic mass is 10.0. The lowest BCUT2D eigenvalue weighted by Crippen LogP contribution is -2.23. The van der Waals surface area contributed by atoms with Crippen molar-refractivity contribution in [1.82, 2.24) is 15.4 Å². The zero-order valence-corrected chi connectivity index (χ0v) is 14.0. The Kier molecular flexibility index (Phi) is 5.32. The standard InChI is InChI=1S/C16H14ClFN4OS/c17-11-4-3-5-12(18)10(11)8-19-22-15(23)9-24-16-20-13-6-1-2-7-14(13)21-16/h1-8,10,12H,9H2,(H,20,21)(H,22,23)/b19-8+. The van der Waals surface area contributed by atoms with Gasteiger partial charge in [-0.3, -0.25) is 4.79 Å². The van der Waals surface area contributed by atoms with E-state index in [1.54, 1.807) is 12.2 Å². The van der Waals surface area contributed by atoms with E-state index in [0.29, 0.717) is 10.2 Å². The zero-order valence-electron chi connectivity index (χ0n) is 12.4. The number of carbonyl (C=O) groups is 1. The van der Waals surface area contributed by atoms with Gasteiger partial charge >= 0.3 is 0 Å². The quantitative estimate of drug-likeness (QED) is 0.485. The van der Waals surface area contributed by atoms with E-state index >= 15 is 0 Å². The summed E-state index contributed by atoms with van der Waals surface area (Å²) in [4.78, 5) is 19.3. The van der Waals surface area contributed by atoms with Gasteiger partial charge in [-0.25, -0.2) is 14.8 Å². The van der Waals surface area contributed by atoms with Gasteiger partial charge in [0.25, 0.3) is 5.91 Å². The molecule has 124 valence electrons. The third-order valence-electron chi connectivity index (χ3n) is 3.34. The number of imidazole rings is 1. The number of nitrogens with zero attached hydrogens (tertiary/aromatic N) is 2. The summed E-state index contributed by atoms with van der Waals surface area (Å²) < 4.78 is 13.7. The van der Waals surface area contributed by atoms with E-state index in [9.17, 15) is 9.18 Å². The van der Waals surface area contributed by atoms with Crippen molar-refractivity contribution in [2.75, 3.05) is 5.75 Å². The van der Waals surface area contributed by atoms with Crippen LogP contribution < -0.4 is 5.43 Å². The predicted molar refractivity (Wildman–Crippen MR) is 94.9 cm³/mol. The van der Waals surface area contributed by atoms with Crippen molar-refractivity contribution in [3.05, 3.63) is 47.5 Å². The Balaban J connectivity index is 1.50. The molecule has 1 amide bonds. The Labute approximate surface area is 147 Å². The van der Waals surface area contributed by atoms with Crippen LogP contribution in [0.4, 0.5) is 4.39 Å². The molecule has 0 fully saturated rings. The smallest absolute Gasteiger partial charge is 0.250 e. The maximum Gasteiger partial charge on any atom is 0.250 e. The number of hydrazone groups is 1. The molecular formula is C16H14ClFN4OS. The number of amides is 1. The molecule has 0 saturated heterocycles. The summed E-state index contributed by atoms with van der Waals surface area (Å²) in [6.07, 6.45) is 4.61. The van der Waals surface area contributed by atoms with Gasteiger partial charge in [0.2, 0.25) is 0 Å². The summed E-state index contributed by atoms with van der Waals surface area (Å²) in [6.45, 7) is 0. The number of rotatable bonds is 5. The molecule has 1 aromatic heterocycles. The van der Waals surface area contributed by atoms with Gasteiger partial charge in [0, 0.05) is 11.2 Å². The van der Waals surface area contributed by atoms with Gasteiger partial charge in [-0.05, 0) is 24.3 Å². The molecule has 1 heterocycles. The first kappa shape index (κ1) is 16.7. The second kappa shape index (κ2) is 7.63. The van der Waals surface area contributed by atoms with Crippen molar-refractivity contribution < 1.29 is 9.18 Å². The first-order valence-corrected chi connectivity index (χ1v) is 8.57. The highest BCUT2D eigenvalue weighted by Gasteiger charge is 2.22. The number of halogens is 2. The van der Waals surface area contributed by atoms with E-state index in [4.69, 9.17) is 11.6 Å². The highest BCUT2D eigenvalue weighted by molar-refractivity contribution is 7.99. The van der Waals surface area contributed by atoms with Gasteiger partial charge in [-0.15, -0.1) is 0 Å². The first-order valence-electron chi connectivity index (χ1n) is 7.21. The van der Waals surface area contributed by atoms with E-state index in [1.165, 1.54) is 24.1 Å². The van der Waals surface area contributed by atoms with Crippen molar-refractivity contribution in [3.8, 4) is 0 Å². The molecule has 3 rings (SSSR count). The third kappa shape index (κ3) is 4.04. The van der Waals surface area contributed by atoms with E-state index < -0.39 is 12.1 Å². The van der Waals surface area contributed by atoms with Gasteiger partial charge in [-0.1, -0.05) is 41.6 Å². The summed E-state index contributed by atoms with van der Waals surface area (Å²) >= 11 is 7.19. The van der Waals surface area contributed by atoms with E-state index in [1.807, 2.05) is 24.3 Å². The first-order chi connectivity index (χ1) is 11.6.